The van der Waals surface area contributed by atoms with Crippen LogP contribution < -0.4 is 5.32 Å². The molecule has 1 atom stereocenters. The Morgan fingerprint density at radius 2 is 2.20 bits per heavy atom. The van der Waals surface area contributed by atoms with Crippen LogP contribution in [-0.2, 0) is 13.0 Å². The number of benzene rings is 1. The molecule has 0 amide bonds. The van der Waals surface area contributed by atoms with Crippen LogP contribution >= 0.6 is 11.7 Å². The second-order valence-corrected chi connectivity index (χ2v) is 5.26. The number of aromatic nitrogens is 4. The van der Waals surface area contributed by atoms with Crippen molar-refractivity contribution < 1.29 is 0 Å². The van der Waals surface area contributed by atoms with Crippen molar-refractivity contribution in [3.8, 4) is 0 Å². The van der Waals surface area contributed by atoms with Gasteiger partial charge in [-0.25, -0.2) is 0 Å². The van der Waals surface area contributed by atoms with Gasteiger partial charge in [-0.05, 0) is 18.6 Å². The van der Waals surface area contributed by atoms with Crippen molar-refractivity contribution in [2.24, 2.45) is 0 Å². The number of nitrogens with zero attached hydrogens (tertiary/aromatic N) is 4. The smallest absolute Gasteiger partial charge is 0.109 e. The van der Waals surface area contributed by atoms with Crippen LogP contribution in [0.25, 0.3) is 11.0 Å². The van der Waals surface area contributed by atoms with Crippen molar-refractivity contribution in [2.45, 2.75) is 25.9 Å². The van der Waals surface area contributed by atoms with Gasteiger partial charge in [0.2, 0.25) is 0 Å². The predicted molar refractivity (Wildman–Crippen MR) is 79.5 cm³/mol. The molecule has 0 aliphatic rings. The molecule has 0 bridgehead atoms. The maximum Gasteiger partial charge on any atom is 0.109 e. The van der Waals surface area contributed by atoms with Crippen LogP contribution in [0.4, 0.5) is 0 Å². The molecule has 1 N–H and O–H groups in total. The minimum absolute atomic E-state index is 0.327. The van der Waals surface area contributed by atoms with E-state index in [4.69, 9.17) is 0 Å². The summed E-state index contributed by atoms with van der Waals surface area (Å²) >= 11 is 1.26. The van der Waals surface area contributed by atoms with Crippen LogP contribution in [-0.4, -0.2) is 24.8 Å². The number of fused-ring (bicyclic) bond motifs is 1. The van der Waals surface area contributed by atoms with Gasteiger partial charge in [0.1, 0.15) is 11.0 Å². The first-order chi connectivity index (χ1) is 9.83. The Kier molecular flexibility index (Phi) is 3.94. The monoisotopic (exact) mass is 285 g/mol. The molecule has 0 saturated carbocycles. The van der Waals surface area contributed by atoms with Gasteiger partial charge >= 0.3 is 0 Å². The maximum atomic E-state index is 4.35. The number of hydrogen-bond donors (Lipinski definition) is 1. The predicted octanol–water partition coefficient (Wildman–Crippen LogP) is 2.20. The van der Waals surface area contributed by atoms with Crippen LogP contribution in [0, 0.1) is 0 Å². The summed E-state index contributed by atoms with van der Waals surface area (Å²) < 4.78 is 8.61. The molecule has 5 nitrogen and oxygen atoms in total. The van der Waals surface area contributed by atoms with E-state index in [1.807, 2.05) is 18.3 Å². The zero-order chi connectivity index (χ0) is 13.8. The standard InChI is InChI=1S/C14H15N5S/c1-10(7-12-9-15-5-6-16-12)17-8-11-3-2-4-13-14(11)19-20-18-13/h2-6,9-10,17H,7-8H2,1H3. The highest BCUT2D eigenvalue weighted by molar-refractivity contribution is 7.00. The molecule has 0 radical (unpaired) electrons. The van der Waals surface area contributed by atoms with Crippen molar-refractivity contribution in [3.63, 3.8) is 0 Å². The summed E-state index contributed by atoms with van der Waals surface area (Å²) in [5.74, 6) is 0. The van der Waals surface area contributed by atoms with Gasteiger partial charge in [0.05, 0.1) is 17.4 Å². The molecule has 3 aromatic rings. The summed E-state index contributed by atoms with van der Waals surface area (Å²) in [7, 11) is 0. The Balaban J connectivity index is 1.63. The van der Waals surface area contributed by atoms with Crippen LogP contribution in [0.1, 0.15) is 18.2 Å². The fourth-order valence-corrected chi connectivity index (χ4v) is 2.68. The Morgan fingerprint density at radius 1 is 1.25 bits per heavy atom. The first-order valence-electron chi connectivity index (χ1n) is 6.51. The number of rotatable bonds is 5. The van der Waals surface area contributed by atoms with Crippen molar-refractivity contribution in [1.29, 1.82) is 0 Å². The molecule has 1 aromatic carbocycles. The molecule has 20 heavy (non-hydrogen) atoms. The SMILES string of the molecule is CC(Cc1cnccn1)NCc1cccc2nsnc12. The van der Waals surface area contributed by atoms with Crippen LogP contribution in [0.5, 0.6) is 0 Å². The molecular formula is C14H15N5S. The van der Waals surface area contributed by atoms with E-state index < -0.39 is 0 Å². The Hall–Kier alpha value is -1.92. The van der Waals surface area contributed by atoms with E-state index in [0.29, 0.717) is 6.04 Å². The summed E-state index contributed by atoms with van der Waals surface area (Å²) in [6.07, 6.45) is 6.09. The van der Waals surface area contributed by atoms with Crippen molar-refractivity contribution in [2.75, 3.05) is 0 Å². The lowest BCUT2D eigenvalue weighted by molar-refractivity contribution is 0.540. The molecule has 102 valence electrons. The van der Waals surface area contributed by atoms with Gasteiger partial charge in [0.25, 0.3) is 0 Å². The summed E-state index contributed by atoms with van der Waals surface area (Å²) in [6, 6.07) is 6.43. The van der Waals surface area contributed by atoms with E-state index in [-0.39, 0.29) is 0 Å². The van der Waals surface area contributed by atoms with Gasteiger partial charge in [-0.15, -0.1) is 0 Å². The van der Waals surface area contributed by atoms with Gasteiger partial charge < -0.3 is 5.32 Å². The van der Waals surface area contributed by atoms with Gasteiger partial charge in [0, 0.05) is 37.6 Å². The fraction of sp³-hybridized carbons (Fsp3) is 0.286. The van der Waals surface area contributed by atoms with E-state index in [2.05, 4.69) is 37.0 Å². The molecule has 0 spiro atoms. The lowest BCUT2D eigenvalue weighted by Crippen LogP contribution is -2.28. The lowest BCUT2D eigenvalue weighted by Gasteiger charge is -2.13. The average molecular weight is 285 g/mol. The van der Waals surface area contributed by atoms with Gasteiger partial charge in [-0.3, -0.25) is 9.97 Å². The normalized spacial score (nSPS) is 12.7. The molecule has 0 aliphatic heterocycles. The lowest BCUT2D eigenvalue weighted by atomic mass is 10.1. The second kappa shape index (κ2) is 6.02. The molecule has 1 unspecified atom stereocenters. The maximum absolute atomic E-state index is 4.35. The summed E-state index contributed by atoms with van der Waals surface area (Å²) in [5.41, 5.74) is 4.15. The van der Waals surface area contributed by atoms with E-state index in [9.17, 15) is 0 Å². The van der Waals surface area contributed by atoms with E-state index in [0.717, 1.165) is 29.7 Å². The average Bonchev–Trinajstić information content (AvgIpc) is 2.95. The van der Waals surface area contributed by atoms with Gasteiger partial charge in [0.15, 0.2) is 0 Å². The Bertz CT molecular complexity index is 682. The third kappa shape index (κ3) is 2.97. The van der Waals surface area contributed by atoms with Crippen molar-refractivity contribution >= 4 is 22.8 Å². The van der Waals surface area contributed by atoms with Crippen molar-refractivity contribution in [1.82, 2.24) is 24.0 Å². The summed E-state index contributed by atoms with van der Waals surface area (Å²) in [6.45, 7) is 2.93. The van der Waals surface area contributed by atoms with Gasteiger partial charge in [-0.1, -0.05) is 12.1 Å². The number of nitrogens with one attached hydrogen (secondary N) is 1. The quantitative estimate of drug-likeness (QED) is 0.778. The van der Waals surface area contributed by atoms with Gasteiger partial charge in [-0.2, -0.15) is 8.75 Å². The largest absolute Gasteiger partial charge is 0.310 e. The Morgan fingerprint density at radius 3 is 3.05 bits per heavy atom. The van der Waals surface area contributed by atoms with E-state index >= 15 is 0 Å². The molecule has 3 rings (SSSR count). The molecule has 0 aliphatic carbocycles. The molecule has 2 heterocycles. The minimum atomic E-state index is 0.327. The molecular weight excluding hydrogens is 270 g/mol. The van der Waals surface area contributed by atoms with Crippen molar-refractivity contribution in [3.05, 3.63) is 48.0 Å². The summed E-state index contributed by atoms with van der Waals surface area (Å²) in [4.78, 5) is 8.38. The van der Waals surface area contributed by atoms with Crippen LogP contribution in [0.15, 0.2) is 36.8 Å². The summed E-state index contributed by atoms with van der Waals surface area (Å²) in [5, 5.41) is 3.50. The third-order valence-electron chi connectivity index (χ3n) is 3.14. The Labute approximate surface area is 121 Å². The molecule has 6 heteroatoms. The molecule has 2 aromatic heterocycles. The second-order valence-electron chi connectivity index (χ2n) is 4.73. The molecule has 0 fully saturated rings. The van der Waals surface area contributed by atoms with Crippen LogP contribution in [0.3, 0.4) is 0 Å². The molecule has 0 saturated heterocycles. The fourth-order valence-electron chi connectivity index (χ4n) is 2.11. The topological polar surface area (TPSA) is 63.6 Å². The van der Waals surface area contributed by atoms with E-state index in [1.165, 1.54) is 17.3 Å². The minimum Gasteiger partial charge on any atom is -0.310 e. The van der Waals surface area contributed by atoms with E-state index in [1.54, 1.807) is 12.4 Å². The highest BCUT2D eigenvalue weighted by Crippen LogP contribution is 2.16. The third-order valence-corrected chi connectivity index (χ3v) is 3.69. The highest BCUT2D eigenvalue weighted by atomic mass is 32.1. The first-order valence-corrected chi connectivity index (χ1v) is 7.24. The number of hydrogen-bond acceptors (Lipinski definition) is 6. The zero-order valence-electron chi connectivity index (χ0n) is 11.2. The highest BCUT2D eigenvalue weighted by Gasteiger charge is 2.08. The first kappa shape index (κ1) is 13.1. The zero-order valence-corrected chi connectivity index (χ0v) is 12.0. The van der Waals surface area contributed by atoms with Crippen LogP contribution in [0.2, 0.25) is 0 Å².